The number of aldehydes is 1. The standard InChI is InChI=1S/C17H14F3N5O2/c18-17(19,20)27-14-3-1-13(2-4-14)24-5-7-25(8-6-24)16-22-10-12(11-26)15(9-21)23-16/h1-4,10-11H,5-8H2. The second-order valence-corrected chi connectivity index (χ2v) is 5.72. The van der Waals surface area contributed by atoms with Crippen LogP contribution in [0, 0.1) is 11.3 Å². The van der Waals surface area contributed by atoms with Gasteiger partial charge < -0.3 is 14.5 Å². The summed E-state index contributed by atoms with van der Waals surface area (Å²) in [7, 11) is 0. The number of nitrogens with zero attached hydrogens (tertiary/aromatic N) is 5. The minimum absolute atomic E-state index is 0.0256. The molecule has 27 heavy (non-hydrogen) atoms. The van der Waals surface area contributed by atoms with Gasteiger partial charge >= 0.3 is 6.36 Å². The van der Waals surface area contributed by atoms with E-state index >= 15 is 0 Å². The number of aromatic nitrogens is 2. The fraction of sp³-hybridized carbons (Fsp3) is 0.294. The lowest BCUT2D eigenvalue weighted by molar-refractivity contribution is -0.274. The van der Waals surface area contributed by atoms with Gasteiger partial charge in [-0.15, -0.1) is 13.2 Å². The highest BCUT2D eigenvalue weighted by Crippen LogP contribution is 2.26. The van der Waals surface area contributed by atoms with E-state index in [4.69, 9.17) is 5.26 Å². The summed E-state index contributed by atoms with van der Waals surface area (Å²) in [5.41, 5.74) is 0.942. The largest absolute Gasteiger partial charge is 0.573 e. The van der Waals surface area contributed by atoms with E-state index in [1.807, 2.05) is 15.9 Å². The van der Waals surface area contributed by atoms with E-state index in [9.17, 15) is 18.0 Å². The van der Waals surface area contributed by atoms with E-state index < -0.39 is 6.36 Å². The lowest BCUT2D eigenvalue weighted by Crippen LogP contribution is -2.47. The first-order chi connectivity index (χ1) is 12.9. The van der Waals surface area contributed by atoms with Crippen molar-refractivity contribution in [3.05, 3.63) is 41.7 Å². The molecule has 0 unspecified atom stereocenters. The van der Waals surface area contributed by atoms with E-state index in [1.54, 1.807) is 12.1 Å². The van der Waals surface area contributed by atoms with Crippen molar-refractivity contribution in [3.8, 4) is 11.8 Å². The van der Waals surface area contributed by atoms with Crippen LogP contribution in [-0.4, -0.2) is 48.8 Å². The molecule has 0 radical (unpaired) electrons. The SMILES string of the molecule is N#Cc1nc(N2CCN(c3ccc(OC(F)(F)F)cc3)CC2)ncc1C=O. The predicted octanol–water partition coefficient (Wildman–Crippen LogP) is 2.39. The Morgan fingerprint density at radius 3 is 2.30 bits per heavy atom. The van der Waals surface area contributed by atoms with Gasteiger partial charge in [0.25, 0.3) is 0 Å². The summed E-state index contributed by atoms with van der Waals surface area (Å²) in [5.74, 6) is 0.100. The third-order valence-electron chi connectivity index (χ3n) is 4.04. The number of carbonyl (C=O) groups excluding carboxylic acids is 1. The number of halogens is 3. The Balaban J connectivity index is 1.64. The van der Waals surface area contributed by atoms with Gasteiger partial charge in [0.1, 0.15) is 11.8 Å². The third kappa shape index (κ3) is 4.44. The van der Waals surface area contributed by atoms with Gasteiger partial charge in [-0.05, 0) is 24.3 Å². The average Bonchev–Trinajstić information content (AvgIpc) is 2.67. The van der Waals surface area contributed by atoms with E-state index in [0.717, 1.165) is 5.69 Å². The van der Waals surface area contributed by atoms with Gasteiger partial charge in [0.2, 0.25) is 5.95 Å². The van der Waals surface area contributed by atoms with Gasteiger partial charge in [-0.2, -0.15) is 5.26 Å². The van der Waals surface area contributed by atoms with Crippen molar-refractivity contribution in [2.24, 2.45) is 0 Å². The fourth-order valence-corrected chi connectivity index (χ4v) is 2.73. The topological polar surface area (TPSA) is 82.3 Å². The van der Waals surface area contributed by atoms with E-state index in [1.165, 1.54) is 18.3 Å². The molecule has 7 nitrogen and oxygen atoms in total. The molecule has 10 heteroatoms. The molecule has 3 rings (SSSR count). The van der Waals surface area contributed by atoms with Gasteiger partial charge in [0.15, 0.2) is 12.0 Å². The Morgan fingerprint density at radius 1 is 1.11 bits per heavy atom. The van der Waals surface area contributed by atoms with Gasteiger partial charge in [-0.1, -0.05) is 0 Å². The molecule has 0 amide bonds. The van der Waals surface area contributed by atoms with E-state index in [2.05, 4.69) is 14.7 Å². The number of carbonyl (C=O) groups is 1. The van der Waals surface area contributed by atoms with E-state index in [-0.39, 0.29) is 17.0 Å². The molecule has 0 N–H and O–H groups in total. The van der Waals surface area contributed by atoms with Crippen LogP contribution >= 0.6 is 0 Å². The molecule has 1 fully saturated rings. The number of piperazine rings is 1. The summed E-state index contributed by atoms with van der Waals surface area (Å²) < 4.78 is 40.5. The average molecular weight is 377 g/mol. The minimum atomic E-state index is -4.71. The van der Waals surface area contributed by atoms with Crippen LogP contribution in [-0.2, 0) is 0 Å². The van der Waals surface area contributed by atoms with Gasteiger partial charge in [-0.3, -0.25) is 4.79 Å². The Morgan fingerprint density at radius 2 is 1.74 bits per heavy atom. The first kappa shape index (κ1) is 18.4. The molecule has 0 spiro atoms. The minimum Gasteiger partial charge on any atom is -0.406 e. The first-order valence-electron chi connectivity index (χ1n) is 7.97. The lowest BCUT2D eigenvalue weighted by Gasteiger charge is -2.36. The van der Waals surface area contributed by atoms with Crippen molar-refractivity contribution in [1.29, 1.82) is 5.26 Å². The first-order valence-corrected chi connectivity index (χ1v) is 7.97. The maximum absolute atomic E-state index is 12.2. The zero-order chi connectivity index (χ0) is 19.4. The van der Waals surface area contributed by atoms with Crippen LogP contribution in [0.3, 0.4) is 0 Å². The molecule has 140 valence electrons. The number of hydrogen-bond donors (Lipinski definition) is 0. The normalized spacial score (nSPS) is 14.6. The number of ether oxygens (including phenoxy) is 1. The van der Waals surface area contributed by atoms with Crippen molar-refractivity contribution in [2.75, 3.05) is 36.0 Å². The highest BCUT2D eigenvalue weighted by Gasteiger charge is 2.31. The zero-order valence-corrected chi connectivity index (χ0v) is 14.0. The van der Waals surface area contributed by atoms with Crippen molar-refractivity contribution in [1.82, 2.24) is 9.97 Å². The van der Waals surface area contributed by atoms with Crippen LogP contribution in [0.1, 0.15) is 16.1 Å². The summed E-state index contributed by atoms with van der Waals surface area (Å²) in [6.07, 6.45) is -2.86. The van der Waals surface area contributed by atoms with Crippen LogP contribution in [0.2, 0.25) is 0 Å². The Bertz CT molecular complexity index is 856. The highest BCUT2D eigenvalue weighted by molar-refractivity contribution is 5.77. The number of nitriles is 1. The van der Waals surface area contributed by atoms with Crippen LogP contribution in [0.15, 0.2) is 30.5 Å². The highest BCUT2D eigenvalue weighted by atomic mass is 19.4. The summed E-state index contributed by atoms with van der Waals surface area (Å²) in [6.45, 7) is 2.32. The molecule has 0 saturated carbocycles. The van der Waals surface area contributed by atoms with Crippen molar-refractivity contribution in [2.45, 2.75) is 6.36 Å². The third-order valence-corrected chi connectivity index (χ3v) is 4.04. The number of anilines is 2. The van der Waals surface area contributed by atoms with E-state index in [0.29, 0.717) is 38.4 Å². The summed E-state index contributed by atoms with van der Waals surface area (Å²) in [6, 6.07) is 7.56. The molecule has 1 saturated heterocycles. The van der Waals surface area contributed by atoms with Crippen molar-refractivity contribution < 1.29 is 22.7 Å². The Hall–Kier alpha value is -3.35. The zero-order valence-electron chi connectivity index (χ0n) is 14.0. The maximum atomic E-state index is 12.2. The van der Waals surface area contributed by atoms with Gasteiger partial charge in [-0.25, -0.2) is 9.97 Å². The van der Waals surface area contributed by atoms with Crippen molar-refractivity contribution >= 4 is 17.9 Å². The fourth-order valence-electron chi connectivity index (χ4n) is 2.73. The predicted molar refractivity (Wildman–Crippen MR) is 89.7 cm³/mol. The molecular weight excluding hydrogens is 363 g/mol. The number of benzene rings is 1. The number of alkyl halides is 3. The molecule has 0 aliphatic carbocycles. The number of hydrogen-bond acceptors (Lipinski definition) is 7. The Kier molecular flexibility index (Phi) is 5.12. The summed E-state index contributed by atoms with van der Waals surface area (Å²) in [4.78, 5) is 23.0. The quantitative estimate of drug-likeness (QED) is 0.757. The molecule has 2 heterocycles. The number of rotatable bonds is 4. The molecule has 0 bridgehead atoms. The van der Waals surface area contributed by atoms with Crippen LogP contribution in [0.25, 0.3) is 0 Å². The molecule has 1 aliphatic heterocycles. The molecule has 2 aromatic rings. The summed E-state index contributed by atoms with van der Waals surface area (Å²) >= 11 is 0. The van der Waals surface area contributed by atoms with Gasteiger partial charge in [0, 0.05) is 38.1 Å². The second kappa shape index (κ2) is 7.49. The van der Waals surface area contributed by atoms with Crippen molar-refractivity contribution in [3.63, 3.8) is 0 Å². The van der Waals surface area contributed by atoms with Gasteiger partial charge in [0.05, 0.1) is 5.56 Å². The van der Waals surface area contributed by atoms with Crippen LogP contribution < -0.4 is 14.5 Å². The maximum Gasteiger partial charge on any atom is 0.573 e. The molecule has 1 aromatic heterocycles. The Labute approximate surface area is 152 Å². The smallest absolute Gasteiger partial charge is 0.406 e. The molecule has 1 aliphatic rings. The molecular formula is C17H14F3N5O2. The molecule has 0 atom stereocenters. The van der Waals surface area contributed by atoms with Crippen LogP contribution in [0.5, 0.6) is 5.75 Å². The monoisotopic (exact) mass is 377 g/mol. The molecule has 1 aromatic carbocycles. The lowest BCUT2D eigenvalue weighted by atomic mass is 10.2. The summed E-state index contributed by atoms with van der Waals surface area (Å²) in [5, 5.41) is 9.05. The van der Waals surface area contributed by atoms with Crippen LogP contribution in [0.4, 0.5) is 24.8 Å². The second-order valence-electron chi connectivity index (χ2n) is 5.72.